The number of anilines is 2. The monoisotopic (exact) mass is 355 g/mol. The number of benzene rings is 2. The largest absolute Gasteiger partial charge is 0.486 e. The lowest BCUT2D eigenvalue weighted by Crippen LogP contribution is -2.15. The molecule has 25 heavy (non-hydrogen) atoms. The second-order valence-electron chi connectivity index (χ2n) is 5.33. The van der Waals surface area contributed by atoms with E-state index >= 15 is 0 Å². The molecule has 3 aromatic rings. The SMILES string of the molecule is O=[N+]([O-])c1ccc(-c2csc(Nc3ccc4c(c3)OCCO4)n2)cc1. The molecule has 0 bridgehead atoms. The van der Waals surface area contributed by atoms with Crippen LogP contribution in [-0.4, -0.2) is 23.1 Å². The third-order valence-corrected chi connectivity index (χ3v) is 4.43. The Morgan fingerprint density at radius 1 is 1.08 bits per heavy atom. The van der Waals surface area contributed by atoms with Crippen molar-refractivity contribution in [2.24, 2.45) is 0 Å². The zero-order valence-electron chi connectivity index (χ0n) is 13.0. The van der Waals surface area contributed by atoms with E-state index in [1.807, 2.05) is 23.6 Å². The fourth-order valence-electron chi connectivity index (χ4n) is 2.46. The Morgan fingerprint density at radius 2 is 1.84 bits per heavy atom. The van der Waals surface area contributed by atoms with Crippen LogP contribution in [0.3, 0.4) is 0 Å². The molecule has 1 aliphatic heterocycles. The van der Waals surface area contributed by atoms with Gasteiger partial charge in [-0.15, -0.1) is 11.3 Å². The number of aromatic nitrogens is 1. The van der Waals surface area contributed by atoms with Crippen LogP contribution in [0.4, 0.5) is 16.5 Å². The topological polar surface area (TPSA) is 86.5 Å². The molecule has 2 heterocycles. The van der Waals surface area contributed by atoms with Crippen LogP contribution in [0.25, 0.3) is 11.3 Å². The number of nitrogens with one attached hydrogen (secondary N) is 1. The van der Waals surface area contributed by atoms with E-state index in [-0.39, 0.29) is 5.69 Å². The van der Waals surface area contributed by atoms with Crippen LogP contribution in [-0.2, 0) is 0 Å². The first kappa shape index (κ1) is 15.4. The lowest BCUT2D eigenvalue weighted by atomic mass is 10.1. The van der Waals surface area contributed by atoms with Gasteiger partial charge in [0.25, 0.3) is 5.69 Å². The Morgan fingerprint density at radius 3 is 2.60 bits per heavy atom. The molecule has 4 rings (SSSR count). The molecule has 0 amide bonds. The van der Waals surface area contributed by atoms with E-state index in [0.717, 1.165) is 27.8 Å². The fraction of sp³-hybridized carbons (Fsp3) is 0.118. The highest BCUT2D eigenvalue weighted by atomic mass is 32.1. The molecule has 0 saturated heterocycles. The van der Waals surface area contributed by atoms with Crippen molar-refractivity contribution in [1.82, 2.24) is 4.98 Å². The molecule has 0 aliphatic carbocycles. The Bertz CT molecular complexity index is 924. The first-order valence-electron chi connectivity index (χ1n) is 7.56. The Balaban J connectivity index is 1.52. The van der Waals surface area contributed by atoms with Gasteiger partial charge in [0, 0.05) is 34.8 Å². The number of thiazole rings is 1. The van der Waals surface area contributed by atoms with Crippen molar-refractivity contribution in [2.45, 2.75) is 0 Å². The normalized spacial score (nSPS) is 12.6. The average molecular weight is 355 g/mol. The lowest BCUT2D eigenvalue weighted by Gasteiger charge is -2.18. The van der Waals surface area contributed by atoms with E-state index in [9.17, 15) is 10.1 Å². The number of fused-ring (bicyclic) bond motifs is 1. The van der Waals surface area contributed by atoms with E-state index in [1.54, 1.807) is 12.1 Å². The summed E-state index contributed by atoms with van der Waals surface area (Å²) in [6.45, 7) is 1.10. The summed E-state index contributed by atoms with van der Waals surface area (Å²) in [5.41, 5.74) is 2.51. The van der Waals surface area contributed by atoms with Gasteiger partial charge in [0.15, 0.2) is 16.6 Å². The van der Waals surface area contributed by atoms with Gasteiger partial charge in [-0.05, 0) is 24.3 Å². The smallest absolute Gasteiger partial charge is 0.269 e. The van der Waals surface area contributed by atoms with Gasteiger partial charge in [-0.1, -0.05) is 0 Å². The second-order valence-corrected chi connectivity index (χ2v) is 6.18. The zero-order valence-corrected chi connectivity index (χ0v) is 13.8. The predicted octanol–water partition coefficient (Wildman–Crippen LogP) is 4.23. The first-order chi connectivity index (χ1) is 12.2. The fourth-order valence-corrected chi connectivity index (χ4v) is 3.20. The summed E-state index contributed by atoms with van der Waals surface area (Å²) in [6.07, 6.45) is 0. The number of non-ortho nitro benzene ring substituents is 1. The molecule has 0 unspecified atom stereocenters. The summed E-state index contributed by atoms with van der Waals surface area (Å²) in [5.74, 6) is 1.45. The first-order valence-corrected chi connectivity index (χ1v) is 8.44. The van der Waals surface area contributed by atoms with Gasteiger partial charge < -0.3 is 14.8 Å². The van der Waals surface area contributed by atoms with Crippen LogP contribution >= 0.6 is 11.3 Å². The van der Waals surface area contributed by atoms with E-state index in [2.05, 4.69) is 10.3 Å². The van der Waals surface area contributed by atoms with E-state index in [1.165, 1.54) is 23.5 Å². The Hall–Kier alpha value is -3.13. The molecule has 2 aromatic carbocycles. The molecule has 0 radical (unpaired) electrons. The number of rotatable bonds is 4. The lowest BCUT2D eigenvalue weighted by molar-refractivity contribution is -0.384. The minimum absolute atomic E-state index is 0.0635. The summed E-state index contributed by atoms with van der Waals surface area (Å²) < 4.78 is 11.1. The van der Waals surface area contributed by atoms with Crippen molar-refractivity contribution >= 4 is 27.8 Å². The highest BCUT2D eigenvalue weighted by Crippen LogP contribution is 2.34. The van der Waals surface area contributed by atoms with Crippen molar-refractivity contribution in [2.75, 3.05) is 18.5 Å². The maximum absolute atomic E-state index is 10.7. The minimum Gasteiger partial charge on any atom is -0.486 e. The second kappa shape index (κ2) is 6.40. The average Bonchev–Trinajstić information content (AvgIpc) is 3.10. The number of nitro benzene ring substituents is 1. The molecule has 0 fully saturated rings. The molecular weight excluding hydrogens is 342 g/mol. The van der Waals surface area contributed by atoms with Crippen molar-refractivity contribution in [1.29, 1.82) is 0 Å². The summed E-state index contributed by atoms with van der Waals surface area (Å²) in [6, 6.07) is 12.0. The van der Waals surface area contributed by atoms with Crippen molar-refractivity contribution in [3.63, 3.8) is 0 Å². The molecule has 126 valence electrons. The molecular formula is C17H13N3O4S. The van der Waals surface area contributed by atoms with Crippen LogP contribution in [0, 0.1) is 10.1 Å². The van der Waals surface area contributed by atoms with Crippen molar-refractivity contribution < 1.29 is 14.4 Å². The maximum Gasteiger partial charge on any atom is 0.269 e. The Kier molecular flexibility index (Phi) is 3.95. The highest BCUT2D eigenvalue weighted by molar-refractivity contribution is 7.14. The van der Waals surface area contributed by atoms with Crippen molar-refractivity contribution in [3.8, 4) is 22.8 Å². The number of ether oxygens (including phenoxy) is 2. The van der Waals surface area contributed by atoms with Crippen LogP contribution < -0.4 is 14.8 Å². The summed E-state index contributed by atoms with van der Waals surface area (Å²) >= 11 is 1.46. The summed E-state index contributed by atoms with van der Waals surface area (Å²) in [5, 5.41) is 16.6. The number of nitrogens with zero attached hydrogens (tertiary/aromatic N) is 2. The molecule has 7 nitrogen and oxygen atoms in total. The molecule has 8 heteroatoms. The van der Waals surface area contributed by atoms with Gasteiger partial charge in [0.2, 0.25) is 0 Å². The molecule has 1 aromatic heterocycles. The van der Waals surface area contributed by atoms with Gasteiger partial charge in [0.05, 0.1) is 10.6 Å². The summed E-state index contributed by atoms with van der Waals surface area (Å²) in [7, 11) is 0. The van der Waals surface area contributed by atoms with E-state index < -0.39 is 4.92 Å². The van der Waals surface area contributed by atoms with Crippen LogP contribution in [0.5, 0.6) is 11.5 Å². The number of hydrogen-bond acceptors (Lipinski definition) is 7. The van der Waals surface area contributed by atoms with E-state index in [4.69, 9.17) is 9.47 Å². The quantitative estimate of drug-likeness (QED) is 0.557. The number of hydrogen-bond donors (Lipinski definition) is 1. The standard InChI is InChI=1S/C17H13N3O4S/c21-20(22)13-4-1-11(2-5-13)14-10-25-17(19-14)18-12-3-6-15-16(9-12)24-8-7-23-15/h1-6,9-10H,7-8H2,(H,18,19). The molecule has 0 spiro atoms. The molecule has 0 atom stereocenters. The van der Waals surface area contributed by atoms with Crippen LogP contribution in [0.15, 0.2) is 47.8 Å². The molecule has 1 N–H and O–H groups in total. The van der Waals surface area contributed by atoms with Crippen molar-refractivity contribution in [3.05, 3.63) is 58.0 Å². The van der Waals surface area contributed by atoms with Gasteiger partial charge in [-0.3, -0.25) is 10.1 Å². The zero-order chi connectivity index (χ0) is 17.2. The summed E-state index contributed by atoms with van der Waals surface area (Å²) in [4.78, 5) is 14.8. The van der Waals surface area contributed by atoms with Gasteiger partial charge >= 0.3 is 0 Å². The molecule has 1 aliphatic rings. The van der Waals surface area contributed by atoms with Gasteiger partial charge in [-0.2, -0.15) is 0 Å². The number of nitro groups is 1. The van der Waals surface area contributed by atoms with E-state index in [0.29, 0.717) is 19.0 Å². The Labute approximate surface area is 147 Å². The minimum atomic E-state index is -0.417. The van der Waals surface area contributed by atoms with Crippen LogP contribution in [0.1, 0.15) is 0 Å². The third-order valence-electron chi connectivity index (χ3n) is 3.67. The van der Waals surface area contributed by atoms with Gasteiger partial charge in [0.1, 0.15) is 13.2 Å². The van der Waals surface area contributed by atoms with Crippen LogP contribution in [0.2, 0.25) is 0 Å². The predicted molar refractivity (Wildman–Crippen MR) is 94.9 cm³/mol. The van der Waals surface area contributed by atoms with Gasteiger partial charge in [-0.25, -0.2) is 4.98 Å². The maximum atomic E-state index is 10.7. The third kappa shape index (κ3) is 3.24. The molecule has 0 saturated carbocycles. The highest BCUT2D eigenvalue weighted by Gasteiger charge is 2.13.